The Hall–Kier alpha value is -2.95. The fraction of sp³-hybridized carbons (Fsp3) is 0.200. The van der Waals surface area contributed by atoms with Crippen molar-refractivity contribution in [2.24, 2.45) is 0 Å². The summed E-state index contributed by atoms with van der Waals surface area (Å²) in [5.41, 5.74) is 3.19. The van der Waals surface area contributed by atoms with Gasteiger partial charge in [0, 0.05) is 12.0 Å². The molecule has 1 aliphatic rings. The SMILES string of the molecule is COc1ccc(-c2nn(-c3ccccc3F)c3c2C(=O)CCC3)cc1. The van der Waals surface area contributed by atoms with Crippen molar-refractivity contribution in [1.82, 2.24) is 9.78 Å². The maximum Gasteiger partial charge on any atom is 0.166 e. The highest BCUT2D eigenvalue weighted by Crippen LogP contribution is 2.33. The van der Waals surface area contributed by atoms with E-state index in [2.05, 4.69) is 5.10 Å². The predicted octanol–water partition coefficient (Wildman–Crippen LogP) is 4.21. The molecule has 3 aromatic rings. The Balaban J connectivity index is 1.93. The summed E-state index contributed by atoms with van der Waals surface area (Å²) in [6.07, 6.45) is 1.96. The molecule has 4 nitrogen and oxygen atoms in total. The summed E-state index contributed by atoms with van der Waals surface area (Å²) >= 11 is 0. The van der Waals surface area contributed by atoms with E-state index >= 15 is 0 Å². The largest absolute Gasteiger partial charge is 0.497 e. The maximum absolute atomic E-state index is 14.3. The summed E-state index contributed by atoms with van der Waals surface area (Å²) in [7, 11) is 1.60. The lowest BCUT2D eigenvalue weighted by Crippen LogP contribution is -2.13. The lowest BCUT2D eigenvalue weighted by Gasteiger charge is -2.13. The lowest BCUT2D eigenvalue weighted by molar-refractivity contribution is 0.0972. The number of para-hydroxylation sites is 1. The molecular weight excluding hydrogens is 319 g/mol. The van der Waals surface area contributed by atoms with E-state index in [4.69, 9.17) is 4.74 Å². The van der Waals surface area contributed by atoms with Gasteiger partial charge >= 0.3 is 0 Å². The standard InChI is InChI=1S/C20H17FN2O2/c1-25-14-11-9-13(10-12-14)20-19-17(7-4-8-18(19)24)23(22-20)16-6-3-2-5-15(16)21/h2-3,5-6,9-12H,4,7-8H2,1H3. The minimum Gasteiger partial charge on any atom is -0.497 e. The predicted molar refractivity (Wildman–Crippen MR) is 92.8 cm³/mol. The summed E-state index contributed by atoms with van der Waals surface area (Å²) < 4.78 is 21.1. The van der Waals surface area contributed by atoms with E-state index in [9.17, 15) is 9.18 Å². The van der Waals surface area contributed by atoms with Gasteiger partial charge in [0.2, 0.25) is 0 Å². The number of methoxy groups -OCH3 is 1. The summed E-state index contributed by atoms with van der Waals surface area (Å²) in [5, 5.41) is 4.61. The van der Waals surface area contributed by atoms with Gasteiger partial charge in [0.1, 0.15) is 22.9 Å². The molecule has 2 aromatic carbocycles. The van der Waals surface area contributed by atoms with E-state index in [1.807, 2.05) is 24.3 Å². The smallest absolute Gasteiger partial charge is 0.166 e. The lowest BCUT2D eigenvalue weighted by atomic mass is 9.92. The molecule has 0 bridgehead atoms. The maximum atomic E-state index is 14.3. The van der Waals surface area contributed by atoms with E-state index in [0.29, 0.717) is 29.8 Å². The van der Waals surface area contributed by atoms with Crippen LogP contribution in [0.2, 0.25) is 0 Å². The van der Waals surface area contributed by atoms with Crippen molar-refractivity contribution in [3.8, 4) is 22.7 Å². The number of Topliss-reactive ketones (excluding diaryl/α,β-unsaturated/α-hetero) is 1. The second kappa shape index (κ2) is 6.16. The van der Waals surface area contributed by atoms with Gasteiger partial charge in [-0.3, -0.25) is 4.79 Å². The van der Waals surface area contributed by atoms with Crippen LogP contribution in [0.25, 0.3) is 16.9 Å². The van der Waals surface area contributed by atoms with Crippen molar-refractivity contribution in [2.75, 3.05) is 7.11 Å². The van der Waals surface area contributed by atoms with Crippen molar-refractivity contribution in [2.45, 2.75) is 19.3 Å². The Kier molecular flexibility index (Phi) is 3.84. The minimum absolute atomic E-state index is 0.0645. The molecule has 0 aliphatic heterocycles. The Morgan fingerprint density at radius 1 is 1.08 bits per heavy atom. The van der Waals surface area contributed by atoms with Crippen molar-refractivity contribution in [3.63, 3.8) is 0 Å². The van der Waals surface area contributed by atoms with E-state index in [-0.39, 0.29) is 11.6 Å². The van der Waals surface area contributed by atoms with Crippen molar-refractivity contribution in [3.05, 3.63) is 65.6 Å². The number of halogens is 1. The molecule has 1 heterocycles. The molecule has 4 rings (SSSR count). The minimum atomic E-state index is -0.355. The molecule has 1 aliphatic carbocycles. The van der Waals surface area contributed by atoms with E-state index in [0.717, 1.165) is 23.4 Å². The molecular formula is C20H17FN2O2. The molecule has 0 amide bonds. The Labute approximate surface area is 144 Å². The molecule has 0 saturated carbocycles. The first-order valence-electron chi connectivity index (χ1n) is 8.23. The average Bonchev–Trinajstić information content (AvgIpc) is 3.03. The van der Waals surface area contributed by atoms with Gasteiger partial charge in [-0.2, -0.15) is 5.10 Å². The van der Waals surface area contributed by atoms with Gasteiger partial charge in [-0.05, 0) is 49.2 Å². The molecule has 0 spiro atoms. The molecule has 25 heavy (non-hydrogen) atoms. The van der Waals surface area contributed by atoms with Crippen molar-refractivity contribution < 1.29 is 13.9 Å². The molecule has 0 atom stereocenters. The summed E-state index contributed by atoms with van der Waals surface area (Å²) in [4.78, 5) is 12.6. The fourth-order valence-electron chi connectivity index (χ4n) is 3.29. The number of rotatable bonds is 3. The molecule has 0 fully saturated rings. The van der Waals surface area contributed by atoms with Crippen LogP contribution in [0.3, 0.4) is 0 Å². The van der Waals surface area contributed by atoms with E-state index in [1.54, 1.807) is 30.0 Å². The molecule has 5 heteroatoms. The summed E-state index contributed by atoms with van der Waals surface area (Å²) in [6, 6.07) is 13.9. The number of fused-ring (bicyclic) bond motifs is 1. The monoisotopic (exact) mass is 336 g/mol. The highest BCUT2D eigenvalue weighted by molar-refractivity contribution is 6.03. The van der Waals surface area contributed by atoms with Gasteiger partial charge in [0.15, 0.2) is 5.78 Å². The van der Waals surface area contributed by atoms with Gasteiger partial charge in [0.05, 0.1) is 18.4 Å². The van der Waals surface area contributed by atoms with Crippen LogP contribution in [-0.2, 0) is 6.42 Å². The zero-order valence-electron chi connectivity index (χ0n) is 13.8. The Morgan fingerprint density at radius 3 is 2.56 bits per heavy atom. The van der Waals surface area contributed by atoms with Crippen molar-refractivity contribution >= 4 is 5.78 Å². The number of ether oxygens (including phenoxy) is 1. The van der Waals surface area contributed by atoms with Crippen LogP contribution in [0.5, 0.6) is 5.75 Å². The van der Waals surface area contributed by atoms with Crippen molar-refractivity contribution in [1.29, 1.82) is 0 Å². The number of hydrogen-bond donors (Lipinski definition) is 0. The number of hydrogen-bond acceptors (Lipinski definition) is 3. The van der Waals surface area contributed by atoms with Gasteiger partial charge in [0.25, 0.3) is 0 Å². The second-order valence-electron chi connectivity index (χ2n) is 6.04. The third-order valence-corrected chi connectivity index (χ3v) is 4.52. The van der Waals surface area contributed by atoms with E-state index < -0.39 is 0 Å². The summed E-state index contributed by atoms with van der Waals surface area (Å²) in [6.45, 7) is 0. The normalized spacial score (nSPS) is 13.6. The van der Waals surface area contributed by atoms with Crippen LogP contribution >= 0.6 is 0 Å². The number of benzene rings is 2. The number of carbonyl (C=O) groups excluding carboxylic acids is 1. The molecule has 1 aromatic heterocycles. The first-order chi connectivity index (χ1) is 12.2. The zero-order chi connectivity index (χ0) is 17.4. The zero-order valence-corrected chi connectivity index (χ0v) is 13.8. The molecule has 0 saturated heterocycles. The third kappa shape index (κ3) is 2.61. The molecule has 0 N–H and O–H groups in total. The van der Waals surface area contributed by atoms with Crippen LogP contribution in [0.15, 0.2) is 48.5 Å². The number of ketones is 1. The topological polar surface area (TPSA) is 44.1 Å². The first kappa shape index (κ1) is 15.6. The molecule has 0 radical (unpaired) electrons. The quantitative estimate of drug-likeness (QED) is 0.720. The Morgan fingerprint density at radius 2 is 1.84 bits per heavy atom. The third-order valence-electron chi connectivity index (χ3n) is 4.52. The van der Waals surface area contributed by atoms with Gasteiger partial charge in [-0.1, -0.05) is 12.1 Å². The first-order valence-corrected chi connectivity index (χ1v) is 8.23. The number of aromatic nitrogens is 2. The number of nitrogens with zero attached hydrogens (tertiary/aromatic N) is 2. The van der Waals surface area contributed by atoms with E-state index in [1.165, 1.54) is 6.07 Å². The number of carbonyl (C=O) groups is 1. The fourth-order valence-corrected chi connectivity index (χ4v) is 3.29. The van der Waals surface area contributed by atoms with Gasteiger partial charge in [-0.15, -0.1) is 0 Å². The molecule has 126 valence electrons. The van der Waals surface area contributed by atoms with Crippen LogP contribution in [0.4, 0.5) is 4.39 Å². The van der Waals surface area contributed by atoms with Gasteiger partial charge in [-0.25, -0.2) is 9.07 Å². The second-order valence-corrected chi connectivity index (χ2v) is 6.04. The molecule has 0 unspecified atom stereocenters. The van der Waals surface area contributed by atoms with Crippen LogP contribution < -0.4 is 4.74 Å². The highest BCUT2D eigenvalue weighted by atomic mass is 19.1. The van der Waals surface area contributed by atoms with Gasteiger partial charge < -0.3 is 4.74 Å². The van der Waals surface area contributed by atoms with Crippen LogP contribution in [0, 0.1) is 5.82 Å². The van der Waals surface area contributed by atoms with Crippen LogP contribution in [0.1, 0.15) is 28.9 Å². The summed E-state index contributed by atoms with van der Waals surface area (Å²) in [5.74, 6) is 0.444. The average molecular weight is 336 g/mol. The van der Waals surface area contributed by atoms with Crippen LogP contribution in [-0.4, -0.2) is 22.7 Å². The Bertz CT molecular complexity index is 945. The highest BCUT2D eigenvalue weighted by Gasteiger charge is 2.28.